The minimum Gasteiger partial charge on any atom is -0.366 e. The van der Waals surface area contributed by atoms with Gasteiger partial charge in [-0.05, 0) is 37.1 Å². The molecular formula is C19H21FN4O. The first-order valence-electron chi connectivity index (χ1n) is 8.72. The summed E-state index contributed by atoms with van der Waals surface area (Å²) >= 11 is 0. The predicted molar refractivity (Wildman–Crippen MR) is 95.6 cm³/mol. The molecule has 0 radical (unpaired) electrons. The number of para-hydroxylation sites is 1. The fourth-order valence-electron chi connectivity index (χ4n) is 3.09. The largest absolute Gasteiger partial charge is 0.366 e. The molecule has 0 atom stereocenters. The van der Waals surface area contributed by atoms with Crippen molar-refractivity contribution in [2.75, 3.05) is 36.0 Å². The fourth-order valence-corrected chi connectivity index (χ4v) is 3.09. The Morgan fingerprint density at radius 3 is 2.40 bits per heavy atom. The van der Waals surface area contributed by atoms with Crippen LogP contribution in [0.3, 0.4) is 0 Å². The summed E-state index contributed by atoms with van der Waals surface area (Å²) in [7, 11) is 0. The number of carbonyl (C=O) groups is 1. The molecule has 4 rings (SSSR count). The Morgan fingerprint density at radius 1 is 1.04 bits per heavy atom. The fraction of sp³-hybridized carbons (Fsp3) is 0.368. The number of anilines is 2. The van der Waals surface area contributed by atoms with Crippen LogP contribution in [0.1, 0.15) is 23.2 Å². The van der Waals surface area contributed by atoms with Gasteiger partial charge in [0.1, 0.15) is 11.6 Å². The van der Waals surface area contributed by atoms with E-state index in [0.29, 0.717) is 17.3 Å². The average Bonchev–Trinajstić information content (AvgIpc) is 3.46. The number of rotatable bonds is 4. The van der Waals surface area contributed by atoms with Crippen LogP contribution in [-0.4, -0.2) is 43.1 Å². The summed E-state index contributed by atoms with van der Waals surface area (Å²) in [5.41, 5.74) is 1.25. The number of piperazine rings is 1. The SMILES string of the molecule is O=C(NC1CC1)c1ccc(N2CCN(c3ccccc3F)CC2)nc1. The molecule has 1 aliphatic carbocycles. The molecule has 5 nitrogen and oxygen atoms in total. The average molecular weight is 340 g/mol. The van der Waals surface area contributed by atoms with Crippen molar-refractivity contribution in [2.45, 2.75) is 18.9 Å². The maximum atomic E-state index is 13.9. The van der Waals surface area contributed by atoms with Crippen molar-refractivity contribution in [3.8, 4) is 0 Å². The molecule has 130 valence electrons. The number of nitrogens with zero attached hydrogens (tertiary/aromatic N) is 3. The summed E-state index contributed by atoms with van der Waals surface area (Å²) < 4.78 is 13.9. The van der Waals surface area contributed by atoms with Crippen LogP contribution in [0.2, 0.25) is 0 Å². The van der Waals surface area contributed by atoms with E-state index in [-0.39, 0.29) is 11.7 Å². The Hall–Kier alpha value is -2.63. The van der Waals surface area contributed by atoms with E-state index in [1.54, 1.807) is 12.3 Å². The highest BCUT2D eigenvalue weighted by Crippen LogP contribution is 2.22. The minimum absolute atomic E-state index is 0.0501. The van der Waals surface area contributed by atoms with E-state index in [0.717, 1.165) is 44.8 Å². The summed E-state index contributed by atoms with van der Waals surface area (Å²) in [6.45, 7) is 3.03. The number of nitrogens with one attached hydrogen (secondary N) is 1. The number of pyridine rings is 1. The molecule has 25 heavy (non-hydrogen) atoms. The number of amides is 1. The summed E-state index contributed by atoms with van der Waals surface area (Å²) in [5.74, 6) is 0.627. The maximum Gasteiger partial charge on any atom is 0.253 e. The topological polar surface area (TPSA) is 48.5 Å². The lowest BCUT2D eigenvalue weighted by Gasteiger charge is -2.36. The first-order valence-corrected chi connectivity index (χ1v) is 8.72. The Morgan fingerprint density at radius 2 is 1.76 bits per heavy atom. The first kappa shape index (κ1) is 15.9. The van der Waals surface area contributed by atoms with Gasteiger partial charge in [-0.15, -0.1) is 0 Å². The summed E-state index contributed by atoms with van der Waals surface area (Å²) in [4.78, 5) is 20.7. The van der Waals surface area contributed by atoms with Gasteiger partial charge in [0, 0.05) is 38.4 Å². The molecule has 2 heterocycles. The number of hydrogen-bond acceptors (Lipinski definition) is 4. The molecule has 1 saturated heterocycles. The zero-order valence-corrected chi connectivity index (χ0v) is 14.0. The number of carbonyl (C=O) groups excluding carboxylic acids is 1. The molecule has 1 saturated carbocycles. The monoisotopic (exact) mass is 340 g/mol. The lowest BCUT2D eigenvalue weighted by molar-refractivity contribution is 0.0950. The maximum absolute atomic E-state index is 13.9. The number of aromatic nitrogens is 1. The number of halogens is 1. The van der Waals surface area contributed by atoms with Crippen molar-refractivity contribution in [1.29, 1.82) is 0 Å². The normalized spacial score (nSPS) is 17.5. The highest BCUT2D eigenvalue weighted by Gasteiger charge is 2.24. The van der Waals surface area contributed by atoms with Crippen molar-refractivity contribution in [2.24, 2.45) is 0 Å². The highest BCUT2D eigenvalue weighted by molar-refractivity contribution is 5.94. The Kier molecular flexibility index (Phi) is 4.26. The van der Waals surface area contributed by atoms with E-state index in [9.17, 15) is 9.18 Å². The van der Waals surface area contributed by atoms with E-state index in [1.807, 2.05) is 24.3 Å². The zero-order chi connectivity index (χ0) is 17.2. The Balaban J connectivity index is 1.37. The highest BCUT2D eigenvalue weighted by atomic mass is 19.1. The summed E-state index contributed by atoms with van der Waals surface area (Å²) in [6, 6.07) is 10.9. The van der Waals surface area contributed by atoms with E-state index in [4.69, 9.17) is 0 Å². The summed E-state index contributed by atoms with van der Waals surface area (Å²) in [5, 5.41) is 2.96. The van der Waals surface area contributed by atoms with Gasteiger partial charge in [-0.1, -0.05) is 12.1 Å². The van der Waals surface area contributed by atoms with Gasteiger partial charge in [0.15, 0.2) is 0 Å². The van der Waals surface area contributed by atoms with Crippen LogP contribution in [0.4, 0.5) is 15.9 Å². The number of hydrogen-bond donors (Lipinski definition) is 1. The molecule has 1 N–H and O–H groups in total. The van der Waals surface area contributed by atoms with Crippen LogP contribution in [0.25, 0.3) is 0 Å². The first-order chi connectivity index (χ1) is 12.2. The van der Waals surface area contributed by atoms with Gasteiger partial charge in [-0.3, -0.25) is 4.79 Å². The molecule has 1 aromatic carbocycles. The standard InChI is InChI=1S/C19H21FN4O/c20-16-3-1-2-4-17(16)23-9-11-24(12-10-23)18-8-5-14(13-21-18)19(25)22-15-6-7-15/h1-5,8,13,15H,6-7,9-12H2,(H,22,25). The van der Waals surface area contributed by atoms with Gasteiger partial charge >= 0.3 is 0 Å². The quantitative estimate of drug-likeness (QED) is 0.929. The molecule has 6 heteroatoms. The molecule has 0 unspecified atom stereocenters. The second-order valence-corrected chi connectivity index (χ2v) is 6.58. The second-order valence-electron chi connectivity index (χ2n) is 6.58. The van der Waals surface area contributed by atoms with E-state index in [2.05, 4.69) is 20.1 Å². The smallest absolute Gasteiger partial charge is 0.253 e. The molecule has 2 fully saturated rings. The molecule has 0 bridgehead atoms. The summed E-state index contributed by atoms with van der Waals surface area (Å²) in [6.07, 6.45) is 3.78. The predicted octanol–water partition coefficient (Wildman–Crippen LogP) is 2.44. The van der Waals surface area contributed by atoms with Gasteiger partial charge in [0.25, 0.3) is 5.91 Å². The van der Waals surface area contributed by atoms with Crippen molar-refractivity contribution in [3.63, 3.8) is 0 Å². The third-order valence-electron chi connectivity index (χ3n) is 4.72. The third kappa shape index (κ3) is 3.57. The third-order valence-corrected chi connectivity index (χ3v) is 4.72. The van der Waals surface area contributed by atoms with Gasteiger partial charge in [-0.25, -0.2) is 9.37 Å². The molecule has 1 aromatic heterocycles. The van der Waals surface area contributed by atoms with E-state index < -0.39 is 0 Å². The molecule has 0 spiro atoms. The molecule has 2 aliphatic rings. The lowest BCUT2D eigenvalue weighted by atomic mass is 10.2. The number of benzene rings is 1. The van der Waals surface area contributed by atoms with Crippen molar-refractivity contribution in [1.82, 2.24) is 10.3 Å². The van der Waals surface area contributed by atoms with Gasteiger partial charge in [0.05, 0.1) is 11.3 Å². The van der Waals surface area contributed by atoms with E-state index in [1.165, 1.54) is 6.07 Å². The van der Waals surface area contributed by atoms with Crippen LogP contribution in [-0.2, 0) is 0 Å². The molecule has 1 amide bonds. The van der Waals surface area contributed by atoms with Crippen LogP contribution >= 0.6 is 0 Å². The van der Waals surface area contributed by atoms with Crippen molar-refractivity contribution < 1.29 is 9.18 Å². The minimum atomic E-state index is -0.180. The van der Waals surface area contributed by atoms with Crippen molar-refractivity contribution >= 4 is 17.4 Å². The van der Waals surface area contributed by atoms with Crippen LogP contribution in [0.15, 0.2) is 42.6 Å². The van der Waals surface area contributed by atoms with Gasteiger partial charge in [-0.2, -0.15) is 0 Å². The van der Waals surface area contributed by atoms with Crippen LogP contribution in [0, 0.1) is 5.82 Å². The second kappa shape index (κ2) is 6.70. The molecule has 1 aliphatic heterocycles. The van der Waals surface area contributed by atoms with Gasteiger partial charge < -0.3 is 15.1 Å². The molecule has 2 aromatic rings. The van der Waals surface area contributed by atoms with Crippen molar-refractivity contribution in [3.05, 3.63) is 54.0 Å². The molecular weight excluding hydrogens is 319 g/mol. The Bertz CT molecular complexity index is 752. The van der Waals surface area contributed by atoms with Crippen LogP contribution < -0.4 is 15.1 Å². The lowest BCUT2D eigenvalue weighted by Crippen LogP contribution is -2.47. The zero-order valence-electron chi connectivity index (χ0n) is 14.0. The van der Waals surface area contributed by atoms with E-state index >= 15 is 0 Å². The Labute approximate surface area is 146 Å². The van der Waals surface area contributed by atoms with Gasteiger partial charge in [0.2, 0.25) is 0 Å². The van der Waals surface area contributed by atoms with Crippen LogP contribution in [0.5, 0.6) is 0 Å².